The second-order valence-corrected chi connectivity index (χ2v) is 5.41. The van der Waals surface area contributed by atoms with Crippen LogP contribution in [-0.2, 0) is 0 Å². The van der Waals surface area contributed by atoms with Gasteiger partial charge in [-0.3, -0.25) is 4.79 Å². The van der Waals surface area contributed by atoms with Crippen LogP contribution < -0.4 is 14.8 Å². The van der Waals surface area contributed by atoms with Crippen LogP contribution in [0.25, 0.3) is 0 Å². The molecule has 1 fully saturated rings. The number of carbonyl (C=O) groups is 1. The highest BCUT2D eigenvalue weighted by Crippen LogP contribution is 2.30. The van der Waals surface area contributed by atoms with Gasteiger partial charge in [0.2, 0.25) is 0 Å². The van der Waals surface area contributed by atoms with Gasteiger partial charge >= 0.3 is 0 Å². The van der Waals surface area contributed by atoms with Gasteiger partial charge in [-0.15, -0.1) is 0 Å². The predicted molar refractivity (Wildman–Crippen MR) is 79.9 cm³/mol. The Kier molecular flexibility index (Phi) is 5.07. The molecular weight excluding hydrogens is 270 g/mol. The Morgan fingerprint density at radius 3 is 2.67 bits per heavy atom. The molecule has 5 heteroatoms. The lowest BCUT2D eigenvalue weighted by atomic mass is 10.0. The van der Waals surface area contributed by atoms with Crippen LogP contribution in [0.15, 0.2) is 18.2 Å². The van der Waals surface area contributed by atoms with E-state index in [0.717, 1.165) is 25.7 Å². The fourth-order valence-electron chi connectivity index (χ4n) is 2.64. The summed E-state index contributed by atoms with van der Waals surface area (Å²) in [5, 5.41) is 13.1. The molecule has 2 rings (SSSR count). The summed E-state index contributed by atoms with van der Waals surface area (Å²) in [4.78, 5) is 12.2. The summed E-state index contributed by atoms with van der Waals surface area (Å²) in [5.74, 6) is 0.939. The molecular formula is C16H23NO4. The molecule has 1 aliphatic carbocycles. The van der Waals surface area contributed by atoms with E-state index in [-0.39, 0.29) is 5.91 Å². The summed E-state index contributed by atoms with van der Waals surface area (Å²) in [7, 11) is 1.56. The highest BCUT2D eigenvalue weighted by Gasteiger charge is 2.31. The van der Waals surface area contributed by atoms with E-state index in [4.69, 9.17) is 9.47 Å². The first-order valence-corrected chi connectivity index (χ1v) is 7.39. The van der Waals surface area contributed by atoms with Gasteiger partial charge in [0, 0.05) is 12.1 Å². The number of hydrogen-bond donors (Lipinski definition) is 2. The average molecular weight is 293 g/mol. The van der Waals surface area contributed by atoms with Gasteiger partial charge in [0.15, 0.2) is 11.5 Å². The van der Waals surface area contributed by atoms with E-state index in [9.17, 15) is 9.90 Å². The zero-order valence-corrected chi connectivity index (χ0v) is 12.6. The molecule has 0 spiro atoms. The van der Waals surface area contributed by atoms with E-state index in [1.807, 2.05) is 6.92 Å². The van der Waals surface area contributed by atoms with Crippen molar-refractivity contribution in [2.45, 2.75) is 38.2 Å². The van der Waals surface area contributed by atoms with Crippen molar-refractivity contribution in [2.24, 2.45) is 0 Å². The molecule has 1 amide bonds. The van der Waals surface area contributed by atoms with Gasteiger partial charge in [0.25, 0.3) is 5.91 Å². The number of rotatable bonds is 6. The second-order valence-electron chi connectivity index (χ2n) is 5.41. The lowest BCUT2D eigenvalue weighted by Gasteiger charge is -2.22. The van der Waals surface area contributed by atoms with Crippen LogP contribution in [0.1, 0.15) is 43.0 Å². The molecule has 1 aromatic rings. The first-order chi connectivity index (χ1) is 10.1. The Hall–Kier alpha value is -1.75. The van der Waals surface area contributed by atoms with E-state index in [2.05, 4.69) is 5.32 Å². The molecule has 2 N–H and O–H groups in total. The van der Waals surface area contributed by atoms with Crippen LogP contribution in [0.2, 0.25) is 0 Å². The minimum absolute atomic E-state index is 0.209. The number of aliphatic hydroxyl groups is 1. The molecule has 0 aromatic heterocycles. The number of nitrogens with one attached hydrogen (secondary N) is 1. The summed E-state index contributed by atoms with van der Waals surface area (Å²) < 4.78 is 10.7. The quantitative estimate of drug-likeness (QED) is 0.843. The molecule has 21 heavy (non-hydrogen) atoms. The number of amides is 1. The van der Waals surface area contributed by atoms with Crippen LogP contribution in [0, 0.1) is 0 Å². The van der Waals surface area contributed by atoms with Crippen molar-refractivity contribution < 1.29 is 19.4 Å². The van der Waals surface area contributed by atoms with Crippen molar-refractivity contribution in [3.05, 3.63) is 23.8 Å². The Labute approximate surface area is 125 Å². The molecule has 1 aromatic carbocycles. The fourth-order valence-corrected chi connectivity index (χ4v) is 2.64. The first-order valence-electron chi connectivity index (χ1n) is 7.39. The van der Waals surface area contributed by atoms with Crippen LogP contribution in [0.4, 0.5) is 0 Å². The molecule has 0 heterocycles. The van der Waals surface area contributed by atoms with Gasteiger partial charge < -0.3 is 19.9 Å². The second kappa shape index (κ2) is 6.80. The van der Waals surface area contributed by atoms with Crippen molar-refractivity contribution in [3.8, 4) is 11.5 Å². The maximum atomic E-state index is 12.2. The fraction of sp³-hybridized carbons (Fsp3) is 0.562. The summed E-state index contributed by atoms with van der Waals surface area (Å²) in [6.45, 7) is 2.67. The Morgan fingerprint density at radius 1 is 1.33 bits per heavy atom. The zero-order valence-electron chi connectivity index (χ0n) is 12.6. The summed E-state index contributed by atoms with van der Waals surface area (Å²) in [6, 6.07) is 5.07. The standard InChI is InChI=1S/C16H23NO4/c1-3-21-14-10-12(6-7-13(14)20-2)15(18)17-11-16(19)8-4-5-9-16/h6-7,10,19H,3-5,8-9,11H2,1-2H3,(H,17,18). The lowest BCUT2D eigenvalue weighted by molar-refractivity contribution is 0.0449. The normalized spacial score (nSPS) is 16.5. The van der Waals surface area contributed by atoms with Gasteiger partial charge in [-0.1, -0.05) is 12.8 Å². The molecule has 0 saturated heterocycles. The lowest BCUT2D eigenvalue weighted by Crippen LogP contribution is -2.40. The van der Waals surface area contributed by atoms with Crippen LogP contribution in [-0.4, -0.2) is 36.9 Å². The third kappa shape index (κ3) is 3.88. The SMILES string of the molecule is CCOc1cc(C(=O)NCC2(O)CCCC2)ccc1OC. The van der Waals surface area contributed by atoms with Crippen LogP contribution in [0.3, 0.4) is 0 Å². The Bertz CT molecular complexity index is 495. The summed E-state index contributed by atoms with van der Waals surface area (Å²) in [6.07, 6.45) is 3.53. The molecule has 116 valence electrons. The highest BCUT2D eigenvalue weighted by molar-refractivity contribution is 5.94. The summed E-state index contributed by atoms with van der Waals surface area (Å²) in [5.41, 5.74) is -0.244. The van der Waals surface area contributed by atoms with E-state index < -0.39 is 5.60 Å². The largest absolute Gasteiger partial charge is 0.493 e. The third-order valence-corrected chi connectivity index (χ3v) is 3.84. The first kappa shape index (κ1) is 15.6. The number of methoxy groups -OCH3 is 1. The highest BCUT2D eigenvalue weighted by atomic mass is 16.5. The van der Waals surface area contributed by atoms with Crippen molar-refractivity contribution in [1.29, 1.82) is 0 Å². The monoisotopic (exact) mass is 293 g/mol. The maximum absolute atomic E-state index is 12.2. The average Bonchev–Trinajstić information content (AvgIpc) is 2.92. The molecule has 5 nitrogen and oxygen atoms in total. The smallest absolute Gasteiger partial charge is 0.251 e. The Balaban J connectivity index is 2.03. The van der Waals surface area contributed by atoms with Crippen molar-refractivity contribution in [3.63, 3.8) is 0 Å². The van der Waals surface area contributed by atoms with Gasteiger partial charge in [0.05, 0.1) is 19.3 Å². The molecule has 0 aliphatic heterocycles. The molecule has 0 radical (unpaired) electrons. The Morgan fingerprint density at radius 2 is 2.05 bits per heavy atom. The van der Waals surface area contributed by atoms with Crippen molar-refractivity contribution in [2.75, 3.05) is 20.3 Å². The number of ether oxygens (including phenoxy) is 2. The van der Waals surface area contributed by atoms with Crippen molar-refractivity contribution >= 4 is 5.91 Å². The molecule has 0 atom stereocenters. The van der Waals surface area contributed by atoms with Crippen molar-refractivity contribution in [1.82, 2.24) is 5.32 Å². The van der Waals surface area contributed by atoms with E-state index in [1.54, 1.807) is 25.3 Å². The number of benzene rings is 1. The topological polar surface area (TPSA) is 67.8 Å². The van der Waals surface area contributed by atoms with Gasteiger partial charge in [-0.2, -0.15) is 0 Å². The third-order valence-electron chi connectivity index (χ3n) is 3.84. The van der Waals surface area contributed by atoms with E-state index in [0.29, 0.717) is 30.2 Å². The number of hydrogen-bond acceptors (Lipinski definition) is 4. The predicted octanol–water partition coefficient (Wildman–Crippen LogP) is 2.13. The molecule has 1 aliphatic rings. The van der Waals surface area contributed by atoms with E-state index in [1.165, 1.54) is 0 Å². The van der Waals surface area contributed by atoms with Gasteiger partial charge in [-0.25, -0.2) is 0 Å². The van der Waals surface area contributed by atoms with E-state index >= 15 is 0 Å². The van der Waals surface area contributed by atoms with Crippen LogP contribution in [0.5, 0.6) is 11.5 Å². The minimum atomic E-state index is -0.745. The van der Waals surface area contributed by atoms with Gasteiger partial charge in [0.1, 0.15) is 0 Å². The molecule has 0 unspecified atom stereocenters. The number of carbonyl (C=O) groups excluding carboxylic acids is 1. The molecule has 1 saturated carbocycles. The summed E-state index contributed by atoms with van der Waals surface area (Å²) >= 11 is 0. The molecule has 0 bridgehead atoms. The maximum Gasteiger partial charge on any atom is 0.251 e. The minimum Gasteiger partial charge on any atom is -0.493 e. The van der Waals surface area contributed by atoms with Crippen LogP contribution >= 0.6 is 0 Å². The van der Waals surface area contributed by atoms with Gasteiger partial charge in [-0.05, 0) is 38.0 Å². The zero-order chi connectivity index (χ0) is 15.3.